The molecule has 34 heavy (non-hydrogen) atoms. The van der Waals surface area contributed by atoms with Gasteiger partial charge in [0, 0.05) is 43.7 Å². The van der Waals surface area contributed by atoms with Gasteiger partial charge in [-0.05, 0) is 56.9 Å². The average Bonchev–Trinajstić information content (AvgIpc) is 3.29. The Balaban J connectivity index is 1.64. The van der Waals surface area contributed by atoms with Crippen LogP contribution in [0, 0.1) is 12.7 Å². The monoisotopic (exact) mass is 495 g/mol. The van der Waals surface area contributed by atoms with Crippen LogP contribution in [0.3, 0.4) is 0 Å². The van der Waals surface area contributed by atoms with E-state index in [0.717, 1.165) is 4.31 Å². The van der Waals surface area contributed by atoms with Gasteiger partial charge in [-0.25, -0.2) is 21.6 Å². The highest BCUT2D eigenvalue weighted by Gasteiger charge is 2.44. The summed E-state index contributed by atoms with van der Waals surface area (Å²) < 4.78 is 70.3. The third kappa shape index (κ3) is 4.70. The molecule has 0 unspecified atom stereocenters. The zero-order valence-electron chi connectivity index (χ0n) is 19.2. The van der Waals surface area contributed by atoms with Gasteiger partial charge in [-0.15, -0.1) is 0 Å². The van der Waals surface area contributed by atoms with Crippen LogP contribution < -0.4 is 0 Å². The molecule has 1 aromatic carbocycles. The first kappa shape index (κ1) is 24.7. The summed E-state index contributed by atoms with van der Waals surface area (Å²) in [5.74, 6) is -3.71. The molecule has 2 heterocycles. The lowest BCUT2D eigenvalue weighted by molar-refractivity contribution is -0.138. The van der Waals surface area contributed by atoms with Crippen LogP contribution in [-0.4, -0.2) is 60.1 Å². The van der Waals surface area contributed by atoms with Crippen LogP contribution in [-0.2, 0) is 14.8 Å². The van der Waals surface area contributed by atoms with Crippen LogP contribution in [0.2, 0.25) is 0 Å². The van der Waals surface area contributed by atoms with Crippen molar-refractivity contribution in [2.24, 2.45) is 0 Å². The molecule has 0 bridgehead atoms. The minimum atomic E-state index is -4.19. The third-order valence-corrected chi connectivity index (χ3v) is 8.72. The van der Waals surface area contributed by atoms with Crippen molar-refractivity contribution < 1.29 is 26.4 Å². The van der Waals surface area contributed by atoms with Crippen molar-refractivity contribution in [3.8, 4) is 11.3 Å². The smallest absolute Gasteiger partial charge is 0.248 e. The molecule has 6 nitrogen and oxygen atoms in total. The number of pyridine rings is 1. The number of hydrogen-bond acceptors (Lipinski definition) is 4. The van der Waals surface area contributed by atoms with E-state index >= 15 is 0 Å². The molecule has 1 atom stereocenters. The number of likely N-dealkylation sites (N-methyl/N-ethyl adjacent to an activating group) is 1. The van der Waals surface area contributed by atoms with Crippen molar-refractivity contribution in [2.75, 3.05) is 13.6 Å². The van der Waals surface area contributed by atoms with E-state index in [2.05, 4.69) is 4.98 Å². The summed E-state index contributed by atoms with van der Waals surface area (Å²) >= 11 is 0. The van der Waals surface area contributed by atoms with Gasteiger partial charge in [-0.3, -0.25) is 9.78 Å². The quantitative estimate of drug-likeness (QED) is 0.617. The van der Waals surface area contributed by atoms with E-state index in [1.54, 1.807) is 26.1 Å². The van der Waals surface area contributed by atoms with Gasteiger partial charge in [0.05, 0.1) is 5.69 Å². The predicted molar refractivity (Wildman–Crippen MR) is 121 cm³/mol. The Bertz CT molecular complexity index is 1180. The summed E-state index contributed by atoms with van der Waals surface area (Å²) in [4.78, 5) is 18.9. The Hall–Kier alpha value is -2.46. The standard InChI is InChI=1S/C24H28F3N3O3S/c1-16-9-10-21(22(28-16)18-6-3-4-7-19(18)25)34(32,33)30-15-5-8-20(30)23(31)29(2)17-11-13-24(26,27)14-12-17/h3-4,6-7,9-10,17,20H,5,8,11-15H2,1-2H3/t20-/m0/s1. The van der Waals surface area contributed by atoms with Crippen LogP contribution in [0.1, 0.15) is 44.2 Å². The van der Waals surface area contributed by atoms with E-state index in [1.165, 1.54) is 29.2 Å². The third-order valence-electron chi connectivity index (χ3n) is 6.78. The summed E-state index contributed by atoms with van der Waals surface area (Å²) in [6.07, 6.45) is 0.591. The Kier molecular flexibility index (Phi) is 6.74. The Morgan fingerprint density at radius 1 is 1.12 bits per heavy atom. The predicted octanol–water partition coefficient (Wildman–Crippen LogP) is 4.39. The normalized spacial score (nSPS) is 21.5. The first-order valence-electron chi connectivity index (χ1n) is 11.4. The molecule has 1 aromatic heterocycles. The molecule has 0 spiro atoms. The summed E-state index contributed by atoms with van der Waals surface area (Å²) in [6, 6.07) is 7.46. The van der Waals surface area contributed by atoms with E-state index in [4.69, 9.17) is 0 Å². The number of amides is 1. The molecular weight excluding hydrogens is 467 g/mol. The molecule has 1 saturated carbocycles. The van der Waals surface area contributed by atoms with Gasteiger partial charge in [0.25, 0.3) is 0 Å². The highest BCUT2D eigenvalue weighted by atomic mass is 32.2. The first-order valence-corrected chi connectivity index (χ1v) is 12.8. The van der Waals surface area contributed by atoms with Crippen LogP contribution >= 0.6 is 0 Å². The fourth-order valence-electron chi connectivity index (χ4n) is 4.83. The van der Waals surface area contributed by atoms with Gasteiger partial charge >= 0.3 is 0 Å². The topological polar surface area (TPSA) is 70.6 Å². The van der Waals surface area contributed by atoms with Crippen molar-refractivity contribution in [3.05, 3.63) is 47.9 Å². The first-order chi connectivity index (χ1) is 16.0. The van der Waals surface area contributed by atoms with Gasteiger partial charge < -0.3 is 4.90 Å². The minimum Gasteiger partial charge on any atom is -0.341 e. The number of benzene rings is 1. The molecule has 4 rings (SSSR count). The summed E-state index contributed by atoms with van der Waals surface area (Å²) in [6.45, 7) is 1.82. The van der Waals surface area contributed by atoms with Gasteiger partial charge in [0.15, 0.2) is 0 Å². The number of sulfonamides is 1. The molecule has 10 heteroatoms. The van der Waals surface area contributed by atoms with Gasteiger partial charge in [0.2, 0.25) is 21.9 Å². The fraction of sp³-hybridized carbons (Fsp3) is 0.500. The summed E-state index contributed by atoms with van der Waals surface area (Å²) in [7, 11) is -2.64. The van der Waals surface area contributed by atoms with Gasteiger partial charge in [-0.2, -0.15) is 4.31 Å². The second-order valence-corrected chi connectivity index (χ2v) is 10.9. The molecule has 2 aliphatic rings. The van der Waals surface area contributed by atoms with Crippen LogP contribution in [0.4, 0.5) is 13.2 Å². The molecule has 1 aliphatic heterocycles. The maximum atomic E-state index is 14.6. The minimum absolute atomic E-state index is 0.000865. The Labute approximate surface area is 197 Å². The number of nitrogens with zero attached hydrogens (tertiary/aromatic N) is 3. The number of alkyl halides is 2. The maximum absolute atomic E-state index is 14.6. The Morgan fingerprint density at radius 3 is 2.47 bits per heavy atom. The molecule has 0 radical (unpaired) electrons. The van der Waals surface area contributed by atoms with E-state index in [1.807, 2.05) is 0 Å². The van der Waals surface area contributed by atoms with E-state index in [-0.39, 0.29) is 54.4 Å². The number of aromatic nitrogens is 1. The number of carbonyl (C=O) groups is 1. The van der Waals surface area contributed by atoms with Crippen molar-refractivity contribution in [3.63, 3.8) is 0 Å². The number of rotatable bonds is 5. The summed E-state index contributed by atoms with van der Waals surface area (Å²) in [5, 5.41) is 0. The van der Waals surface area contributed by atoms with Crippen LogP contribution in [0.25, 0.3) is 11.3 Å². The molecule has 1 saturated heterocycles. The molecule has 0 N–H and O–H groups in total. The number of halogens is 3. The lowest BCUT2D eigenvalue weighted by atomic mass is 9.91. The molecule has 184 valence electrons. The Morgan fingerprint density at radius 2 is 1.79 bits per heavy atom. The fourth-order valence-corrected chi connectivity index (χ4v) is 6.62. The highest BCUT2D eigenvalue weighted by Crippen LogP contribution is 2.37. The van der Waals surface area contributed by atoms with E-state index < -0.39 is 33.7 Å². The zero-order chi connectivity index (χ0) is 24.7. The molecular formula is C24H28F3N3O3S. The average molecular weight is 496 g/mol. The summed E-state index contributed by atoms with van der Waals surface area (Å²) in [5.41, 5.74) is 0.589. The van der Waals surface area contributed by atoms with E-state index in [0.29, 0.717) is 18.5 Å². The van der Waals surface area contributed by atoms with Crippen molar-refractivity contribution >= 4 is 15.9 Å². The van der Waals surface area contributed by atoms with Gasteiger partial charge in [0.1, 0.15) is 16.8 Å². The highest BCUT2D eigenvalue weighted by molar-refractivity contribution is 7.89. The molecule has 2 aromatic rings. The lowest BCUT2D eigenvalue weighted by Gasteiger charge is -2.37. The molecule has 1 aliphatic carbocycles. The number of hydrogen-bond donors (Lipinski definition) is 0. The van der Waals surface area contributed by atoms with E-state index in [9.17, 15) is 26.4 Å². The van der Waals surface area contributed by atoms with Crippen LogP contribution in [0.5, 0.6) is 0 Å². The lowest BCUT2D eigenvalue weighted by Crippen LogP contribution is -2.50. The number of aryl methyl sites for hydroxylation is 1. The second kappa shape index (κ2) is 9.30. The van der Waals surface area contributed by atoms with Crippen LogP contribution in [0.15, 0.2) is 41.3 Å². The van der Waals surface area contributed by atoms with Crippen molar-refractivity contribution in [2.45, 2.75) is 68.4 Å². The SMILES string of the molecule is Cc1ccc(S(=O)(=O)N2CCC[C@H]2C(=O)N(C)C2CCC(F)(F)CC2)c(-c2ccccc2F)n1. The largest absolute Gasteiger partial charge is 0.341 e. The molecule has 2 fully saturated rings. The number of carbonyl (C=O) groups excluding carboxylic acids is 1. The molecule has 1 amide bonds. The van der Waals surface area contributed by atoms with Gasteiger partial charge in [-0.1, -0.05) is 12.1 Å². The zero-order valence-corrected chi connectivity index (χ0v) is 20.0. The van der Waals surface area contributed by atoms with Crippen molar-refractivity contribution in [1.29, 1.82) is 0 Å². The van der Waals surface area contributed by atoms with Crippen molar-refractivity contribution in [1.82, 2.24) is 14.2 Å². The maximum Gasteiger partial charge on any atom is 0.248 e. The second-order valence-electron chi connectivity index (χ2n) is 9.09.